The van der Waals surface area contributed by atoms with Gasteiger partial charge in [-0.05, 0) is 62.3 Å². The molecule has 2 atom stereocenters. The average molecular weight is 600 g/mol. The average Bonchev–Trinajstić information content (AvgIpc) is 3.20. The molecule has 2 N–H and O–H groups in total. The second-order valence-corrected chi connectivity index (χ2v) is 14.4. The van der Waals surface area contributed by atoms with Crippen molar-refractivity contribution in [1.82, 2.24) is 24.9 Å². The van der Waals surface area contributed by atoms with Gasteiger partial charge in [0.05, 0.1) is 25.7 Å². The fourth-order valence-corrected chi connectivity index (χ4v) is 5.05. The van der Waals surface area contributed by atoms with Gasteiger partial charge >= 0.3 is 17.9 Å². The van der Waals surface area contributed by atoms with Gasteiger partial charge in [-0.1, -0.05) is 0 Å². The van der Waals surface area contributed by atoms with Crippen molar-refractivity contribution in [1.29, 1.82) is 0 Å². The van der Waals surface area contributed by atoms with E-state index in [1.165, 1.54) is 0 Å². The van der Waals surface area contributed by atoms with Crippen molar-refractivity contribution in [3.8, 4) is 0 Å². The molecule has 0 aromatic carbocycles. The van der Waals surface area contributed by atoms with Crippen LogP contribution in [0.15, 0.2) is 0 Å². The number of hydrogen-bond donors (Lipinski definition) is 2. The third kappa shape index (κ3) is 15.1. The van der Waals surface area contributed by atoms with Crippen molar-refractivity contribution in [2.45, 2.75) is 91.3 Å². The third-order valence-corrected chi connectivity index (χ3v) is 6.81. The number of carbonyl (C=O) groups excluding carboxylic acids is 3. The van der Waals surface area contributed by atoms with E-state index < -0.39 is 22.9 Å². The molecule has 2 rings (SSSR count). The van der Waals surface area contributed by atoms with Crippen LogP contribution in [0.1, 0.15) is 62.3 Å². The highest BCUT2D eigenvalue weighted by Gasteiger charge is 2.32. The lowest BCUT2D eigenvalue weighted by molar-refractivity contribution is -0.158. The van der Waals surface area contributed by atoms with E-state index in [1.54, 1.807) is 0 Å². The van der Waals surface area contributed by atoms with E-state index in [4.69, 9.17) is 14.2 Å². The van der Waals surface area contributed by atoms with Gasteiger partial charge in [-0.2, -0.15) is 0 Å². The van der Waals surface area contributed by atoms with E-state index in [9.17, 15) is 19.5 Å². The molecule has 0 radical (unpaired) electrons. The molecule has 0 aromatic rings. The van der Waals surface area contributed by atoms with Crippen LogP contribution in [0.3, 0.4) is 0 Å². The van der Waals surface area contributed by atoms with Crippen LogP contribution in [0, 0.1) is 0 Å². The minimum absolute atomic E-state index is 0.0663. The summed E-state index contributed by atoms with van der Waals surface area (Å²) in [5.74, 6) is -0.919. The van der Waals surface area contributed by atoms with Gasteiger partial charge in [0.2, 0.25) is 0 Å². The zero-order valence-electron chi connectivity index (χ0n) is 27.5. The topological polar surface area (TPSA) is 124 Å². The number of nitrogens with zero attached hydrogens (tertiary/aromatic N) is 4. The Hall–Kier alpha value is -1.83. The smallest absolute Gasteiger partial charge is 0.320 e. The van der Waals surface area contributed by atoms with Gasteiger partial charge in [0.1, 0.15) is 16.8 Å². The van der Waals surface area contributed by atoms with Crippen LogP contribution in [-0.2, 0) is 28.6 Å². The molecule has 2 heterocycles. The standard InChI is InChI=1S/C30H57N5O7/c1-28(2,3)40-25(37)20-32-10-12-33(21-26(38)41-29(4,5)6)14-16-35(23-18-31-19-24(23)36)17-15-34(13-11-32)22-27(39)42-30(7,8)9/h23-24,31,36H,10-22H2,1-9H3/t23-,24-/m0/s1. The van der Waals surface area contributed by atoms with Gasteiger partial charge in [-0.25, -0.2) is 0 Å². The Morgan fingerprint density at radius 1 is 0.595 bits per heavy atom. The number of hydrogen-bond acceptors (Lipinski definition) is 12. The minimum atomic E-state index is -0.599. The van der Waals surface area contributed by atoms with Crippen LogP contribution in [0.4, 0.5) is 0 Å². The number of nitrogens with one attached hydrogen (secondary N) is 1. The number of β-amino-alcohol motifs (C(OH)–C–C–N with tert-alkyl or cyclic N) is 1. The molecule has 2 fully saturated rings. The first-order valence-electron chi connectivity index (χ1n) is 15.2. The van der Waals surface area contributed by atoms with Crippen LogP contribution in [0.5, 0.6) is 0 Å². The summed E-state index contributed by atoms with van der Waals surface area (Å²) >= 11 is 0. The molecule has 0 spiro atoms. The molecule has 0 saturated carbocycles. The molecular formula is C30H57N5O7. The molecule has 0 amide bonds. The lowest BCUT2D eigenvalue weighted by Crippen LogP contribution is -2.53. The van der Waals surface area contributed by atoms with Gasteiger partial charge < -0.3 is 24.6 Å². The summed E-state index contributed by atoms with van der Waals surface area (Å²) in [5, 5.41) is 13.9. The van der Waals surface area contributed by atoms with E-state index in [0.29, 0.717) is 65.4 Å². The van der Waals surface area contributed by atoms with Crippen LogP contribution in [0.2, 0.25) is 0 Å². The largest absolute Gasteiger partial charge is 0.459 e. The highest BCUT2D eigenvalue weighted by molar-refractivity contribution is 5.73. The van der Waals surface area contributed by atoms with Gasteiger partial charge in [0.25, 0.3) is 0 Å². The summed E-state index contributed by atoms with van der Waals surface area (Å²) in [4.78, 5) is 46.7. The molecule has 2 aliphatic rings. The van der Waals surface area contributed by atoms with E-state index in [2.05, 4.69) is 20.0 Å². The maximum atomic E-state index is 12.8. The lowest BCUT2D eigenvalue weighted by Gasteiger charge is -2.37. The van der Waals surface area contributed by atoms with Crippen molar-refractivity contribution in [3.63, 3.8) is 0 Å². The molecular weight excluding hydrogens is 542 g/mol. The Morgan fingerprint density at radius 3 is 1.17 bits per heavy atom. The molecule has 2 saturated heterocycles. The molecule has 0 bridgehead atoms. The predicted molar refractivity (Wildman–Crippen MR) is 161 cm³/mol. The summed E-state index contributed by atoms with van der Waals surface area (Å²) in [6, 6.07) is -0.0663. The first-order valence-corrected chi connectivity index (χ1v) is 15.2. The number of carbonyl (C=O) groups is 3. The first kappa shape index (κ1) is 36.4. The molecule has 2 aliphatic heterocycles. The number of aliphatic hydroxyl groups is 1. The molecule has 0 aliphatic carbocycles. The lowest BCUT2D eigenvalue weighted by atomic mass is 10.1. The van der Waals surface area contributed by atoms with E-state index >= 15 is 0 Å². The monoisotopic (exact) mass is 599 g/mol. The molecule has 0 unspecified atom stereocenters. The zero-order valence-corrected chi connectivity index (χ0v) is 27.5. The Morgan fingerprint density at radius 2 is 0.905 bits per heavy atom. The summed E-state index contributed by atoms with van der Waals surface area (Å²) in [5.41, 5.74) is -1.77. The summed E-state index contributed by atoms with van der Waals surface area (Å²) < 4.78 is 16.8. The van der Waals surface area contributed by atoms with Crippen LogP contribution in [-0.4, -0.2) is 157 Å². The van der Waals surface area contributed by atoms with Crippen LogP contribution in [0.25, 0.3) is 0 Å². The van der Waals surface area contributed by atoms with E-state index in [0.717, 1.165) is 0 Å². The van der Waals surface area contributed by atoms with Crippen LogP contribution < -0.4 is 5.32 Å². The van der Waals surface area contributed by atoms with Gasteiger partial charge in [0.15, 0.2) is 0 Å². The molecule has 0 aromatic heterocycles. The fourth-order valence-electron chi connectivity index (χ4n) is 5.05. The van der Waals surface area contributed by atoms with Crippen molar-refractivity contribution >= 4 is 17.9 Å². The minimum Gasteiger partial charge on any atom is -0.459 e. The maximum Gasteiger partial charge on any atom is 0.320 e. The number of aliphatic hydroxyl groups excluding tert-OH is 1. The Balaban J connectivity index is 2.26. The number of rotatable bonds is 7. The first-order chi connectivity index (χ1) is 19.3. The van der Waals surface area contributed by atoms with Gasteiger partial charge in [0, 0.05) is 71.5 Å². The van der Waals surface area contributed by atoms with E-state index in [1.807, 2.05) is 67.2 Å². The summed E-state index contributed by atoms with van der Waals surface area (Å²) in [6.07, 6.45) is -0.499. The van der Waals surface area contributed by atoms with Crippen molar-refractivity contribution in [2.75, 3.05) is 85.1 Å². The third-order valence-electron chi connectivity index (χ3n) is 6.81. The zero-order chi connectivity index (χ0) is 31.7. The number of esters is 3. The SMILES string of the molecule is CC(C)(C)OC(=O)CN1CCN(CC(=O)OC(C)(C)C)CCN([C@H]2CNC[C@@H]2O)CCN(CC(=O)OC(C)(C)C)CC1. The second-order valence-electron chi connectivity index (χ2n) is 14.4. The summed E-state index contributed by atoms with van der Waals surface area (Å²) in [6.45, 7) is 22.7. The Kier molecular flexibility index (Phi) is 13.6. The van der Waals surface area contributed by atoms with Gasteiger partial charge in [-0.3, -0.25) is 34.0 Å². The normalized spacial score (nSPS) is 23.6. The Labute approximate surface area is 253 Å². The molecule has 244 valence electrons. The highest BCUT2D eigenvalue weighted by Crippen LogP contribution is 2.14. The van der Waals surface area contributed by atoms with E-state index in [-0.39, 0.29) is 43.6 Å². The number of ether oxygens (including phenoxy) is 3. The fraction of sp³-hybridized carbons (Fsp3) is 0.900. The Bertz CT molecular complexity index is 835. The second kappa shape index (κ2) is 15.8. The molecule has 12 heteroatoms. The van der Waals surface area contributed by atoms with Crippen molar-refractivity contribution in [3.05, 3.63) is 0 Å². The van der Waals surface area contributed by atoms with Crippen molar-refractivity contribution in [2.24, 2.45) is 0 Å². The van der Waals surface area contributed by atoms with Gasteiger partial charge in [-0.15, -0.1) is 0 Å². The van der Waals surface area contributed by atoms with Crippen molar-refractivity contribution < 1.29 is 33.7 Å². The highest BCUT2D eigenvalue weighted by atomic mass is 16.6. The maximum absolute atomic E-state index is 12.8. The quantitative estimate of drug-likeness (QED) is 0.314. The molecule has 12 nitrogen and oxygen atoms in total. The predicted octanol–water partition coefficient (Wildman–Crippen LogP) is 0.566. The summed E-state index contributed by atoms with van der Waals surface area (Å²) in [7, 11) is 0. The van der Waals surface area contributed by atoms with Crippen LogP contribution >= 0.6 is 0 Å². The molecule has 42 heavy (non-hydrogen) atoms.